The van der Waals surface area contributed by atoms with E-state index in [1.54, 1.807) is 6.20 Å². The lowest BCUT2D eigenvalue weighted by Gasteiger charge is -1.96. The Morgan fingerprint density at radius 2 is 2.09 bits per heavy atom. The number of aryl methyl sites for hydroxylation is 1. The Labute approximate surface area is 146 Å². The molecule has 2 heterocycles. The second kappa shape index (κ2) is 10.7. The normalized spacial score (nSPS) is 12.2. The van der Waals surface area contributed by atoms with E-state index >= 15 is 0 Å². The first-order valence-electron chi connectivity index (χ1n) is 7.42. The summed E-state index contributed by atoms with van der Waals surface area (Å²) in [5.41, 5.74) is 4.18. The lowest BCUT2D eigenvalue weighted by molar-refractivity contribution is 1.08. The fraction of sp³-hybridized carbons (Fsp3) is 0.278. The minimum Gasteiger partial charge on any atom is -0.279 e. The molecule has 2 aromatic rings. The molecule has 5 heteroatoms. The molecule has 2 rings (SSSR count). The molecular weight excluding hydrogens is 352 g/mol. The molecule has 0 radical (unpaired) electrons. The number of allylic oxidation sites excluding steroid dienone is 3. The molecule has 0 bridgehead atoms. The molecule has 0 atom stereocenters. The van der Waals surface area contributed by atoms with Crippen LogP contribution < -0.4 is 0 Å². The first kappa shape index (κ1) is 19.0. The highest BCUT2D eigenvalue weighted by Gasteiger charge is 1.98. The summed E-state index contributed by atoms with van der Waals surface area (Å²) in [5.74, 6) is 0. The van der Waals surface area contributed by atoms with E-state index in [0.717, 1.165) is 28.2 Å². The number of aliphatic imine (C=N–C) groups is 1. The van der Waals surface area contributed by atoms with Crippen molar-refractivity contribution >= 4 is 20.6 Å². The quantitative estimate of drug-likeness (QED) is 0.597. The van der Waals surface area contributed by atoms with Gasteiger partial charge in [0.1, 0.15) is 0 Å². The van der Waals surface area contributed by atoms with Crippen molar-refractivity contribution in [2.75, 3.05) is 6.54 Å². The Kier molecular flexibility index (Phi) is 8.83. The summed E-state index contributed by atoms with van der Waals surface area (Å²) in [6.45, 7) is 8.75. The van der Waals surface area contributed by atoms with Crippen molar-refractivity contribution in [1.29, 1.82) is 0 Å². The van der Waals surface area contributed by atoms with Gasteiger partial charge >= 0.3 is 0 Å². The summed E-state index contributed by atoms with van der Waals surface area (Å²) in [7, 11) is 0. The van der Waals surface area contributed by atoms with Crippen LogP contribution >= 0.6 is 15.9 Å². The van der Waals surface area contributed by atoms with Crippen molar-refractivity contribution in [2.45, 2.75) is 27.7 Å². The molecule has 0 spiro atoms. The summed E-state index contributed by atoms with van der Waals surface area (Å²) in [6.07, 6.45) is 7.90. The van der Waals surface area contributed by atoms with Gasteiger partial charge in [-0.2, -0.15) is 5.10 Å². The van der Waals surface area contributed by atoms with Gasteiger partial charge in [-0.1, -0.05) is 29.9 Å². The number of rotatable bonds is 4. The summed E-state index contributed by atoms with van der Waals surface area (Å²) in [6, 6.07) is 7.82. The first-order chi connectivity index (χ1) is 11.0. The summed E-state index contributed by atoms with van der Waals surface area (Å²) in [5, 5.41) is 6.73. The Morgan fingerprint density at radius 3 is 2.65 bits per heavy atom. The monoisotopic (exact) mass is 374 g/mol. The second-order valence-electron chi connectivity index (χ2n) is 4.91. The third kappa shape index (κ3) is 8.26. The van der Waals surface area contributed by atoms with Gasteiger partial charge in [0.05, 0.1) is 22.6 Å². The SMILES string of the molecule is C/C=C(/C)C=CCN=C(C)Br.Cc1cccc(-c2ccn[nH]2)n1. The fourth-order valence-corrected chi connectivity index (χ4v) is 1.75. The maximum Gasteiger partial charge on any atom is 0.0883 e. The van der Waals surface area contributed by atoms with Gasteiger partial charge in [0.25, 0.3) is 0 Å². The Balaban J connectivity index is 0.000000232. The molecule has 4 nitrogen and oxygen atoms in total. The number of nitrogens with one attached hydrogen (secondary N) is 1. The van der Waals surface area contributed by atoms with Crippen LogP contribution in [0, 0.1) is 6.92 Å². The fourth-order valence-electron chi connectivity index (χ4n) is 1.60. The van der Waals surface area contributed by atoms with Crippen LogP contribution in [-0.4, -0.2) is 26.3 Å². The molecule has 23 heavy (non-hydrogen) atoms. The minimum atomic E-state index is 0.752. The van der Waals surface area contributed by atoms with Gasteiger partial charge in [-0.15, -0.1) is 0 Å². The van der Waals surface area contributed by atoms with Crippen molar-refractivity contribution in [3.8, 4) is 11.4 Å². The van der Waals surface area contributed by atoms with Crippen LogP contribution in [0.3, 0.4) is 0 Å². The van der Waals surface area contributed by atoms with Crippen molar-refractivity contribution < 1.29 is 0 Å². The number of nitrogens with zero attached hydrogens (tertiary/aromatic N) is 3. The maximum absolute atomic E-state index is 4.34. The first-order valence-corrected chi connectivity index (χ1v) is 8.21. The number of hydrogen-bond donors (Lipinski definition) is 1. The maximum atomic E-state index is 4.34. The van der Waals surface area contributed by atoms with E-state index < -0.39 is 0 Å². The van der Waals surface area contributed by atoms with Crippen LogP contribution in [0.1, 0.15) is 26.5 Å². The molecule has 0 aliphatic carbocycles. The highest BCUT2D eigenvalue weighted by atomic mass is 79.9. The van der Waals surface area contributed by atoms with Crippen molar-refractivity contribution in [3.63, 3.8) is 0 Å². The molecule has 0 saturated carbocycles. The average molecular weight is 375 g/mol. The third-order valence-electron chi connectivity index (χ3n) is 2.92. The summed E-state index contributed by atoms with van der Waals surface area (Å²) in [4.78, 5) is 8.49. The van der Waals surface area contributed by atoms with Crippen LogP contribution in [0.2, 0.25) is 0 Å². The molecule has 122 valence electrons. The molecular formula is C18H23BrN4. The largest absolute Gasteiger partial charge is 0.279 e. The van der Waals surface area contributed by atoms with E-state index in [9.17, 15) is 0 Å². The number of pyridine rings is 1. The summed E-state index contributed by atoms with van der Waals surface area (Å²) < 4.78 is 0.945. The van der Waals surface area contributed by atoms with Gasteiger partial charge < -0.3 is 0 Å². The Hall–Kier alpha value is -2.01. The lowest BCUT2D eigenvalue weighted by atomic mass is 10.2. The highest BCUT2D eigenvalue weighted by Crippen LogP contribution is 2.12. The van der Waals surface area contributed by atoms with Crippen molar-refractivity contribution in [3.05, 3.63) is 60.0 Å². The molecule has 0 fully saturated rings. The standard InChI is InChI=1S/C9H14BrN.C9H9N3/c1-4-8(2)6-5-7-11-9(3)10;1-7-3-2-4-8(11-7)9-5-6-10-12-9/h4-6H,7H2,1-3H3;2-6H,1H3,(H,10,12)/b6-5?,8-4-,11-9?;. The molecule has 2 aromatic heterocycles. The van der Waals surface area contributed by atoms with Gasteiger partial charge in [0, 0.05) is 11.9 Å². The van der Waals surface area contributed by atoms with Crippen molar-refractivity contribution in [2.24, 2.45) is 4.99 Å². The number of hydrogen-bond acceptors (Lipinski definition) is 3. The zero-order valence-corrected chi connectivity index (χ0v) is 15.6. The van der Waals surface area contributed by atoms with E-state index in [0.29, 0.717) is 0 Å². The van der Waals surface area contributed by atoms with Gasteiger partial charge in [-0.05, 0) is 61.8 Å². The Bertz CT molecular complexity index is 666. The van der Waals surface area contributed by atoms with Gasteiger partial charge in [0.15, 0.2) is 0 Å². The van der Waals surface area contributed by atoms with E-state index in [4.69, 9.17) is 0 Å². The van der Waals surface area contributed by atoms with E-state index in [2.05, 4.69) is 55.2 Å². The van der Waals surface area contributed by atoms with Crippen LogP contribution in [0.4, 0.5) is 0 Å². The van der Waals surface area contributed by atoms with Gasteiger partial charge in [-0.25, -0.2) is 0 Å². The van der Waals surface area contributed by atoms with Gasteiger partial charge in [-0.3, -0.25) is 15.1 Å². The van der Waals surface area contributed by atoms with E-state index in [1.165, 1.54) is 5.57 Å². The van der Waals surface area contributed by atoms with Crippen LogP contribution in [-0.2, 0) is 0 Å². The zero-order valence-electron chi connectivity index (χ0n) is 14.0. The molecule has 0 aliphatic heterocycles. The smallest absolute Gasteiger partial charge is 0.0883 e. The molecule has 0 aromatic carbocycles. The highest BCUT2D eigenvalue weighted by molar-refractivity contribution is 9.18. The molecule has 0 amide bonds. The van der Waals surface area contributed by atoms with Crippen LogP contribution in [0.15, 0.2) is 59.3 Å². The predicted octanol–water partition coefficient (Wildman–Crippen LogP) is 5.10. The van der Waals surface area contributed by atoms with Crippen LogP contribution in [0.5, 0.6) is 0 Å². The minimum absolute atomic E-state index is 0.752. The molecule has 0 saturated heterocycles. The number of H-pyrrole nitrogens is 1. The second-order valence-corrected chi connectivity index (χ2v) is 6.06. The van der Waals surface area contributed by atoms with Gasteiger partial charge in [0.2, 0.25) is 0 Å². The lowest BCUT2D eigenvalue weighted by Crippen LogP contribution is -1.85. The van der Waals surface area contributed by atoms with Crippen molar-refractivity contribution in [1.82, 2.24) is 15.2 Å². The summed E-state index contributed by atoms with van der Waals surface area (Å²) >= 11 is 3.26. The zero-order chi connectivity index (χ0) is 17.1. The Morgan fingerprint density at radius 1 is 1.30 bits per heavy atom. The number of aromatic amines is 1. The number of halogens is 1. The number of aromatic nitrogens is 3. The topological polar surface area (TPSA) is 53.9 Å². The molecule has 1 N–H and O–H groups in total. The van der Waals surface area contributed by atoms with Crippen LogP contribution in [0.25, 0.3) is 11.4 Å². The molecule has 0 unspecified atom stereocenters. The third-order valence-corrected chi connectivity index (χ3v) is 3.17. The van der Waals surface area contributed by atoms with E-state index in [1.807, 2.05) is 51.1 Å². The van der Waals surface area contributed by atoms with E-state index in [-0.39, 0.29) is 0 Å². The predicted molar refractivity (Wildman–Crippen MR) is 102 cm³/mol. The molecule has 0 aliphatic rings. The average Bonchev–Trinajstić information content (AvgIpc) is 3.06.